The summed E-state index contributed by atoms with van der Waals surface area (Å²) in [7, 11) is 0. The highest BCUT2D eigenvalue weighted by atomic mass is 127. The summed E-state index contributed by atoms with van der Waals surface area (Å²) in [6, 6.07) is 0. The maximum absolute atomic E-state index is 9.10. The Morgan fingerprint density at radius 1 is 1.32 bits per heavy atom. The standard InChI is InChI=1S/C16H33N3O2.HI/c1-3-6-14(9-11-20)13-19-16(17-4-2)18-10-8-15-7-5-12-21-15;/h14-15,20H,3-13H2,1-2H3,(H2,17,18,19);1H. The van der Waals surface area contributed by atoms with Crippen LogP contribution < -0.4 is 10.6 Å². The number of aliphatic hydroxyl groups excluding tert-OH is 1. The molecule has 0 amide bonds. The van der Waals surface area contributed by atoms with Crippen LogP contribution in [0.15, 0.2) is 4.99 Å². The zero-order valence-corrected chi connectivity index (χ0v) is 16.5. The first-order valence-electron chi connectivity index (χ1n) is 8.54. The number of guanidine groups is 1. The topological polar surface area (TPSA) is 65.9 Å². The van der Waals surface area contributed by atoms with Crippen LogP contribution in [0.5, 0.6) is 0 Å². The lowest BCUT2D eigenvalue weighted by molar-refractivity contribution is 0.105. The summed E-state index contributed by atoms with van der Waals surface area (Å²) in [5, 5.41) is 15.8. The molecule has 132 valence electrons. The minimum atomic E-state index is 0. The van der Waals surface area contributed by atoms with Crippen molar-refractivity contribution in [3.63, 3.8) is 0 Å². The van der Waals surface area contributed by atoms with Crippen molar-refractivity contribution in [3.8, 4) is 0 Å². The molecule has 22 heavy (non-hydrogen) atoms. The molecule has 0 aromatic heterocycles. The van der Waals surface area contributed by atoms with Crippen molar-refractivity contribution >= 4 is 29.9 Å². The number of hydrogen-bond donors (Lipinski definition) is 3. The van der Waals surface area contributed by atoms with Gasteiger partial charge in [-0.2, -0.15) is 0 Å². The lowest BCUT2D eigenvalue weighted by atomic mass is 10.0. The third-order valence-corrected chi connectivity index (χ3v) is 3.87. The predicted molar refractivity (Wildman–Crippen MR) is 103 cm³/mol. The molecule has 6 heteroatoms. The van der Waals surface area contributed by atoms with Crippen molar-refractivity contribution in [2.24, 2.45) is 10.9 Å². The van der Waals surface area contributed by atoms with Gasteiger partial charge in [0.25, 0.3) is 0 Å². The number of nitrogens with zero attached hydrogens (tertiary/aromatic N) is 1. The summed E-state index contributed by atoms with van der Waals surface area (Å²) >= 11 is 0. The molecule has 1 saturated heterocycles. The first-order chi connectivity index (χ1) is 10.3. The molecule has 0 aliphatic carbocycles. The second kappa shape index (κ2) is 14.5. The monoisotopic (exact) mass is 427 g/mol. The van der Waals surface area contributed by atoms with Crippen LogP contribution in [0.4, 0.5) is 0 Å². The third-order valence-electron chi connectivity index (χ3n) is 3.87. The number of aliphatic hydroxyl groups is 1. The average Bonchev–Trinajstić information content (AvgIpc) is 2.98. The highest BCUT2D eigenvalue weighted by Crippen LogP contribution is 2.14. The fourth-order valence-electron chi connectivity index (χ4n) is 2.70. The maximum atomic E-state index is 9.10. The van der Waals surface area contributed by atoms with E-state index in [2.05, 4.69) is 29.5 Å². The van der Waals surface area contributed by atoms with Gasteiger partial charge in [0.05, 0.1) is 6.10 Å². The molecular formula is C16H34IN3O2. The van der Waals surface area contributed by atoms with Crippen molar-refractivity contribution in [1.82, 2.24) is 10.6 Å². The Labute approximate surface area is 152 Å². The van der Waals surface area contributed by atoms with Crippen molar-refractivity contribution in [2.75, 3.05) is 32.8 Å². The van der Waals surface area contributed by atoms with Gasteiger partial charge >= 0.3 is 0 Å². The van der Waals surface area contributed by atoms with Crippen molar-refractivity contribution in [2.45, 2.75) is 58.5 Å². The number of ether oxygens (including phenoxy) is 1. The van der Waals surface area contributed by atoms with Gasteiger partial charge in [0.2, 0.25) is 0 Å². The van der Waals surface area contributed by atoms with E-state index in [0.717, 1.165) is 57.9 Å². The van der Waals surface area contributed by atoms with Crippen LogP contribution in [-0.2, 0) is 4.74 Å². The van der Waals surface area contributed by atoms with E-state index in [9.17, 15) is 0 Å². The Balaban J connectivity index is 0.00000441. The Morgan fingerprint density at radius 2 is 2.14 bits per heavy atom. The van der Waals surface area contributed by atoms with E-state index in [4.69, 9.17) is 9.84 Å². The number of rotatable bonds is 10. The van der Waals surface area contributed by atoms with Crippen LogP contribution >= 0.6 is 24.0 Å². The van der Waals surface area contributed by atoms with Crippen LogP contribution in [0.2, 0.25) is 0 Å². The van der Waals surface area contributed by atoms with Gasteiger partial charge in [-0.25, -0.2) is 0 Å². The van der Waals surface area contributed by atoms with Crippen LogP contribution in [-0.4, -0.2) is 50.0 Å². The summed E-state index contributed by atoms with van der Waals surface area (Å²) in [5.41, 5.74) is 0. The van der Waals surface area contributed by atoms with E-state index in [1.807, 2.05) is 0 Å². The minimum absolute atomic E-state index is 0. The molecule has 0 bridgehead atoms. The third kappa shape index (κ3) is 9.84. The zero-order valence-electron chi connectivity index (χ0n) is 14.1. The largest absolute Gasteiger partial charge is 0.396 e. The predicted octanol–water partition coefficient (Wildman–Crippen LogP) is 2.53. The fraction of sp³-hybridized carbons (Fsp3) is 0.938. The SMILES string of the molecule is CCCC(CCO)CN=C(NCC)NCCC1CCCO1.I. The van der Waals surface area contributed by atoms with Gasteiger partial charge in [-0.3, -0.25) is 4.99 Å². The van der Waals surface area contributed by atoms with Gasteiger partial charge in [-0.15, -0.1) is 24.0 Å². The summed E-state index contributed by atoms with van der Waals surface area (Å²) < 4.78 is 5.63. The first kappa shape index (κ1) is 21.9. The molecule has 1 heterocycles. The lowest BCUT2D eigenvalue weighted by Gasteiger charge is -2.16. The number of halogens is 1. The van der Waals surface area contributed by atoms with E-state index in [-0.39, 0.29) is 30.6 Å². The molecule has 1 aliphatic rings. The van der Waals surface area contributed by atoms with Crippen LogP contribution in [0.25, 0.3) is 0 Å². The average molecular weight is 427 g/mol. The van der Waals surface area contributed by atoms with Crippen LogP contribution in [0.3, 0.4) is 0 Å². The van der Waals surface area contributed by atoms with E-state index in [0.29, 0.717) is 12.0 Å². The highest BCUT2D eigenvalue weighted by molar-refractivity contribution is 14.0. The molecule has 1 rings (SSSR count). The molecule has 0 radical (unpaired) electrons. The smallest absolute Gasteiger partial charge is 0.191 e. The highest BCUT2D eigenvalue weighted by Gasteiger charge is 2.15. The van der Waals surface area contributed by atoms with Crippen molar-refractivity contribution < 1.29 is 9.84 Å². The summed E-state index contributed by atoms with van der Waals surface area (Å²) in [4.78, 5) is 4.66. The Bertz CT molecular complexity index is 279. The maximum Gasteiger partial charge on any atom is 0.191 e. The van der Waals surface area contributed by atoms with Gasteiger partial charge in [0, 0.05) is 32.8 Å². The minimum Gasteiger partial charge on any atom is -0.396 e. The Hall–Kier alpha value is -0.0800. The number of nitrogens with one attached hydrogen (secondary N) is 2. The molecule has 2 unspecified atom stereocenters. The van der Waals surface area contributed by atoms with E-state index >= 15 is 0 Å². The van der Waals surface area contributed by atoms with Gasteiger partial charge in [-0.1, -0.05) is 13.3 Å². The van der Waals surface area contributed by atoms with Crippen molar-refractivity contribution in [1.29, 1.82) is 0 Å². The number of hydrogen-bond acceptors (Lipinski definition) is 3. The molecule has 5 nitrogen and oxygen atoms in total. The van der Waals surface area contributed by atoms with Crippen LogP contribution in [0.1, 0.15) is 52.4 Å². The second-order valence-corrected chi connectivity index (χ2v) is 5.74. The van der Waals surface area contributed by atoms with E-state index in [1.165, 1.54) is 12.8 Å². The van der Waals surface area contributed by atoms with Gasteiger partial charge < -0.3 is 20.5 Å². The molecule has 1 aliphatic heterocycles. The van der Waals surface area contributed by atoms with Crippen molar-refractivity contribution in [3.05, 3.63) is 0 Å². The summed E-state index contributed by atoms with van der Waals surface area (Å²) in [5.74, 6) is 1.36. The normalized spacial score (nSPS) is 19.6. The molecule has 0 aromatic carbocycles. The quantitative estimate of drug-likeness (QED) is 0.285. The van der Waals surface area contributed by atoms with E-state index < -0.39 is 0 Å². The Morgan fingerprint density at radius 3 is 2.73 bits per heavy atom. The van der Waals surface area contributed by atoms with Crippen LogP contribution in [0, 0.1) is 5.92 Å². The number of aliphatic imine (C=N–C) groups is 1. The van der Waals surface area contributed by atoms with Gasteiger partial charge in [-0.05, 0) is 44.9 Å². The fourth-order valence-corrected chi connectivity index (χ4v) is 2.70. The van der Waals surface area contributed by atoms with E-state index in [1.54, 1.807) is 0 Å². The van der Waals surface area contributed by atoms with Gasteiger partial charge in [0.1, 0.15) is 0 Å². The lowest BCUT2D eigenvalue weighted by Crippen LogP contribution is -2.39. The molecule has 2 atom stereocenters. The molecule has 0 saturated carbocycles. The first-order valence-corrected chi connectivity index (χ1v) is 8.54. The summed E-state index contributed by atoms with van der Waals surface area (Å²) in [6.45, 7) is 7.97. The molecule has 0 spiro atoms. The van der Waals surface area contributed by atoms with Gasteiger partial charge in [0.15, 0.2) is 5.96 Å². The molecule has 1 fully saturated rings. The Kier molecular flexibility index (Phi) is 14.5. The molecule has 3 N–H and O–H groups in total. The molecule has 0 aromatic rings. The summed E-state index contributed by atoms with van der Waals surface area (Å²) in [6.07, 6.45) is 6.94. The zero-order chi connectivity index (χ0) is 15.3. The molecular weight excluding hydrogens is 393 g/mol. The second-order valence-electron chi connectivity index (χ2n) is 5.74.